The maximum atomic E-state index is 12.3. The van der Waals surface area contributed by atoms with Crippen LogP contribution in [0.1, 0.15) is 12.0 Å². The smallest absolute Gasteiger partial charge is 0.410 e. The quantitative estimate of drug-likeness (QED) is 0.932. The van der Waals surface area contributed by atoms with E-state index in [0.717, 1.165) is 5.56 Å². The van der Waals surface area contributed by atoms with E-state index in [4.69, 9.17) is 4.74 Å². The standard InChI is InChI=1S/C16H19N3O3/c20-15-8-14(9-18-7-6-17-12-18)19(10-15)16(21)22-11-13-4-2-1-3-5-13/h1-7,12,14-15,20H,8-11H2/t14-,15+/m0/s1. The normalized spacial score (nSPS) is 21.0. The molecule has 0 unspecified atom stereocenters. The summed E-state index contributed by atoms with van der Waals surface area (Å²) in [6.45, 7) is 1.16. The number of rotatable bonds is 4. The van der Waals surface area contributed by atoms with E-state index < -0.39 is 6.10 Å². The average Bonchev–Trinajstić information content (AvgIpc) is 3.16. The van der Waals surface area contributed by atoms with E-state index in [1.54, 1.807) is 17.4 Å². The fraction of sp³-hybridized carbons (Fsp3) is 0.375. The first-order valence-electron chi connectivity index (χ1n) is 7.33. The van der Waals surface area contributed by atoms with Crippen LogP contribution in [0.3, 0.4) is 0 Å². The summed E-state index contributed by atoms with van der Waals surface area (Å²) in [5.41, 5.74) is 0.946. The zero-order valence-corrected chi connectivity index (χ0v) is 12.2. The number of hydrogen-bond acceptors (Lipinski definition) is 4. The molecule has 1 aromatic heterocycles. The molecular formula is C16H19N3O3. The molecule has 0 spiro atoms. The molecule has 0 aliphatic carbocycles. The van der Waals surface area contributed by atoms with E-state index in [1.165, 1.54) is 0 Å². The number of carbonyl (C=O) groups is 1. The predicted octanol–water partition coefficient (Wildman–Crippen LogP) is 1.66. The zero-order valence-electron chi connectivity index (χ0n) is 12.2. The van der Waals surface area contributed by atoms with Gasteiger partial charge in [0.05, 0.1) is 25.0 Å². The summed E-state index contributed by atoms with van der Waals surface area (Å²) in [6, 6.07) is 9.48. The van der Waals surface area contributed by atoms with Gasteiger partial charge in [-0.05, 0) is 12.0 Å². The third kappa shape index (κ3) is 3.46. The Kier molecular flexibility index (Phi) is 4.39. The van der Waals surface area contributed by atoms with Crippen LogP contribution in [0.2, 0.25) is 0 Å². The molecule has 1 aliphatic rings. The largest absolute Gasteiger partial charge is 0.445 e. The molecule has 1 fully saturated rings. The van der Waals surface area contributed by atoms with E-state index in [2.05, 4.69) is 4.98 Å². The van der Waals surface area contributed by atoms with Crippen molar-refractivity contribution in [1.82, 2.24) is 14.5 Å². The van der Waals surface area contributed by atoms with Gasteiger partial charge in [-0.3, -0.25) is 0 Å². The van der Waals surface area contributed by atoms with Gasteiger partial charge in [0, 0.05) is 18.9 Å². The van der Waals surface area contributed by atoms with Gasteiger partial charge in [-0.15, -0.1) is 0 Å². The van der Waals surface area contributed by atoms with E-state index >= 15 is 0 Å². The summed E-state index contributed by atoms with van der Waals surface area (Å²) in [7, 11) is 0. The number of hydrogen-bond donors (Lipinski definition) is 1. The Balaban J connectivity index is 1.59. The number of likely N-dealkylation sites (tertiary alicyclic amines) is 1. The maximum Gasteiger partial charge on any atom is 0.410 e. The van der Waals surface area contributed by atoms with Gasteiger partial charge in [0.2, 0.25) is 0 Å². The van der Waals surface area contributed by atoms with Crippen molar-refractivity contribution < 1.29 is 14.6 Å². The lowest BCUT2D eigenvalue weighted by atomic mass is 10.2. The van der Waals surface area contributed by atoms with Crippen molar-refractivity contribution >= 4 is 6.09 Å². The summed E-state index contributed by atoms with van der Waals surface area (Å²) in [4.78, 5) is 17.9. The maximum absolute atomic E-state index is 12.3. The Hall–Kier alpha value is -2.34. The number of imidazole rings is 1. The molecule has 2 heterocycles. The Morgan fingerprint density at radius 1 is 1.36 bits per heavy atom. The first-order valence-corrected chi connectivity index (χ1v) is 7.33. The number of carbonyl (C=O) groups excluding carboxylic acids is 1. The van der Waals surface area contributed by atoms with Crippen molar-refractivity contribution in [2.24, 2.45) is 0 Å². The van der Waals surface area contributed by atoms with Crippen molar-refractivity contribution in [1.29, 1.82) is 0 Å². The van der Waals surface area contributed by atoms with Gasteiger partial charge >= 0.3 is 6.09 Å². The number of β-amino-alcohol motifs (C(OH)–C–C–N with tert-alkyl or cyclic N) is 1. The molecule has 6 nitrogen and oxygen atoms in total. The van der Waals surface area contributed by atoms with E-state index in [9.17, 15) is 9.90 Å². The fourth-order valence-electron chi connectivity index (χ4n) is 2.73. The second kappa shape index (κ2) is 6.62. The molecular weight excluding hydrogens is 282 g/mol. The summed E-state index contributed by atoms with van der Waals surface area (Å²) in [6.07, 6.45) is 4.92. The van der Waals surface area contributed by atoms with Gasteiger partial charge in [-0.2, -0.15) is 0 Å². The number of aromatic nitrogens is 2. The number of aliphatic hydroxyl groups is 1. The molecule has 3 rings (SSSR count). The van der Waals surface area contributed by atoms with Gasteiger partial charge in [-0.25, -0.2) is 9.78 Å². The molecule has 1 N–H and O–H groups in total. The van der Waals surface area contributed by atoms with E-state index in [1.807, 2.05) is 41.1 Å². The molecule has 1 saturated heterocycles. The van der Waals surface area contributed by atoms with E-state index in [0.29, 0.717) is 19.5 Å². The molecule has 0 saturated carbocycles. The molecule has 2 aromatic rings. The first-order chi connectivity index (χ1) is 10.7. The molecule has 0 radical (unpaired) electrons. The Morgan fingerprint density at radius 3 is 2.91 bits per heavy atom. The summed E-state index contributed by atoms with van der Waals surface area (Å²) in [5, 5.41) is 9.86. The number of benzene rings is 1. The monoisotopic (exact) mass is 301 g/mol. The van der Waals surface area contributed by atoms with Crippen LogP contribution in [0.25, 0.3) is 0 Å². The van der Waals surface area contributed by atoms with Crippen LogP contribution < -0.4 is 0 Å². The van der Waals surface area contributed by atoms with Crippen LogP contribution >= 0.6 is 0 Å². The Labute approximate surface area is 129 Å². The molecule has 1 aromatic carbocycles. The van der Waals surface area contributed by atoms with Gasteiger partial charge in [0.25, 0.3) is 0 Å². The van der Waals surface area contributed by atoms with Crippen LogP contribution in [-0.4, -0.2) is 44.3 Å². The molecule has 1 amide bonds. The lowest BCUT2D eigenvalue weighted by molar-refractivity contribution is 0.0855. The lowest BCUT2D eigenvalue weighted by Gasteiger charge is -2.24. The van der Waals surface area contributed by atoms with Crippen molar-refractivity contribution in [3.63, 3.8) is 0 Å². The second-order valence-corrected chi connectivity index (χ2v) is 5.50. The number of nitrogens with zero attached hydrogens (tertiary/aromatic N) is 3. The summed E-state index contributed by atoms with van der Waals surface area (Å²) >= 11 is 0. The Morgan fingerprint density at radius 2 is 2.18 bits per heavy atom. The highest BCUT2D eigenvalue weighted by Crippen LogP contribution is 2.21. The van der Waals surface area contributed by atoms with Crippen molar-refractivity contribution in [3.8, 4) is 0 Å². The third-order valence-electron chi connectivity index (χ3n) is 3.81. The summed E-state index contributed by atoms with van der Waals surface area (Å²) in [5.74, 6) is 0. The topological polar surface area (TPSA) is 67.6 Å². The lowest BCUT2D eigenvalue weighted by Crippen LogP contribution is -2.38. The summed E-state index contributed by atoms with van der Waals surface area (Å²) < 4.78 is 7.26. The van der Waals surface area contributed by atoms with Gasteiger partial charge in [0.1, 0.15) is 6.61 Å². The molecule has 22 heavy (non-hydrogen) atoms. The molecule has 1 aliphatic heterocycles. The minimum atomic E-state index is -0.502. The predicted molar refractivity (Wildman–Crippen MR) is 80.0 cm³/mol. The van der Waals surface area contributed by atoms with Crippen LogP contribution in [0, 0.1) is 0 Å². The van der Waals surface area contributed by atoms with Crippen LogP contribution in [0.4, 0.5) is 4.79 Å². The van der Waals surface area contributed by atoms with E-state index in [-0.39, 0.29) is 18.7 Å². The third-order valence-corrected chi connectivity index (χ3v) is 3.81. The van der Waals surface area contributed by atoms with Gasteiger partial charge in [-0.1, -0.05) is 30.3 Å². The number of aliphatic hydroxyl groups excluding tert-OH is 1. The molecule has 6 heteroatoms. The van der Waals surface area contributed by atoms with Crippen LogP contribution in [0.5, 0.6) is 0 Å². The fourth-order valence-corrected chi connectivity index (χ4v) is 2.73. The minimum absolute atomic E-state index is 0.0764. The molecule has 2 atom stereocenters. The second-order valence-electron chi connectivity index (χ2n) is 5.50. The highest BCUT2D eigenvalue weighted by atomic mass is 16.6. The highest BCUT2D eigenvalue weighted by Gasteiger charge is 2.35. The number of ether oxygens (including phenoxy) is 1. The van der Waals surface area contributed by atoms with Crippen LogP contribution in [0.15, 0.2) is 49.1 Å². The molecule has 0 bridgehead atoms. The van der Waals surface area contributed by atoms with Crippen molar-refractivity contribution in [2.45, 2.75) is 31.7 Å². The first kappa shape index (κ1) is 14.6. The zero-order chi connectivity index (χ0) is 15.4. The average molecular weight is 301 g/mol. The van der Waals surface area contributed by atoms with Gasteiger partial charge in [0.15, 0.2) is 0 Å². The molecule has 116 valence electrons. The van der Waals surface area contributed by atoms with Crippen LogP contribution in [-0.2, 0) is 17.9 Å². The SMILES string of the molecule is O=C(OCc1ccccc1)N1C[C@H](O)C[C@H]1Cn1ccnc1. The number of amides is 1. The van der Waals surface area contributed by atoms with Crippen molar-refractivity contribution in [2.75, 3.05) is 6.54 Å². The minimum Gasteiger partial charge on any atom is -0.445 e. The highest BCUT2D eigenvalue weighted by molar-refractivity contribution is 5.68. The van der Waals surface area contributed by atoms with Gasteiger partial charge < -0.3 is 19.3 Å². The Bertz CT molecular complexity index is 600. The van der Waals surface area contributed by atoms with Crippen molar-refractivity contribution in [3.05, 3.63) is 54.6 Å².